The van der Waals surface area contributed by atoms with Crippen LogP contribution in [0, 0.1) is 0 Å². The van der Waals surface area contributed by atoms with Crippen molar-refractivity contribution in [2.24, 2.45) is 0 Å². The Morgan fingerprint density at radius 1 is 1.44 bits per heavy atom. The maximum absolute atomic E-state index is 10.2. The molecule has 94 valence electrons. The average Bonchev–Trinajstić information content (AvgIpc) is 2.24. The van der Waals surface area contributed by atoms with Crippen LogP contribution in [0.15, 0.2) is 12.3 Å². The summed E-state index contributed by atoms with van der Waals surface area (Å²) < 4.78 is 0. The highest BCUT2D eigenvalue weighted by atomic mass is 16.4. The third kappa shape index (κ3) is 8.29. The lowest BCUT2D eigenvalue weighted by molar-refractivity contribution is -0.131. The van der Waals surface area contributed by atoms with Gasteiger partial charge in [0.15, 0.2) is 0 Å². The summed E-state index contributed by atoms with van der Waals surface area (Å²) in [5, 5.41) is 11.4. The molecule has 0 fully saturated rings. The van der Waals surface area contributed by atoms with Crippen molar-refractivity contribution in [3.63, 3.8) is 0 Å². The van der Waals surface area contributed by atoms with E-state index in [1.165, 1.54) is 6.20 Å². The molecule has 16 heavy (non-hydrogen) atoms. The maximum atomic E-state index is 10.2. The monoisotopic (exact) mass is 228 g/mol. The van der Waals surface area contributed by atoms with Gasteiger partial charge in [-0.3, -0.25) is 0 Å². The highest BCUT2D eigenvalue weighted by molar-refractivity contribution is 5.79. The first-order chi connectivity index (χ1) is 7.60. The van der Waals surface area contributed by atoms with Crippen LogP contribution in [0.3, 0.4) is 0 Å². The Labute approximate surface area is 98.3 Å². The van der Waals surface area contributed by atoms with Gasteiger partial charge in [-0.15, -0.1) is 0 Å². The van der Waals surface area contributed by atoms with Crippen molar-refractivity contribution in [2.45, 2.75) is 39.7 Å². The molecule has 0 aliphatic rings. The second kappa shape index (κ2) is 9.21. The minimum Gasteiger partial charge on any atom is -0.478 e. The number of hydrogen-bond acceptors (Lipinski definition) is 3. The molecular formula is C12H24N2O2. The van der Waals surface area contributed by atoms with E-state index in [1.807, 2.05) is 0 Å². The van der Waals surface area contributed by atoms with Crippen molar-refractivity contribution in [1.29, 1.82) is 0 Å². The van der Waals surface area contributed by atoms with Gasteiger partial charge in [0.25, 0.3) is 0 Å². The van der Waals surface area contributed by atoms with E-state index >= 15 is 0 Å². The summed E-state index contributed by atoms with van der Waals surface area (Å²) in [4.78, 5) is 12.6. The van der Waals surface area contributed by atoms with Crippen molar-refractivity contribution < 1.29 is 9.90 Å². The number of hydrogen-bond donors (Lipinski definition) is 2. The van der Waals surface area contributed by atoms with Crippen molar-refractivity contribution >= 4 is 5.97 Å². The van der Waals surface area contributed by atoms with Crippen molar-refractivity contribution in [3.05, 3.63) is 12.3 Å². The number of carboxylic acid groups (broad SMARTS) is 1. The predicted octanol–water partition coefficient (Wildman–Crippen LogP) is 1.68. The van der Waals surface area contributed by atoms with Gasteiger partial charge in [-0.2, -0.15) is 0 Å². The minimum atomic E-state index is -0.914. The summed E-state index contributed by atoms with van der Waals surface area (Å²) in [7, 11) is 0. The highest BCUT2D eigenvalue weighted by Gasteiger charge is 2.02. The number of carboxylic acids is 1. The molecule has 4 nitrogen and oxygen atoms in total. The SMILES string of the molecule is CCN(CC)CCCC(C)N/C=C/C(=O)O. The molecule has 0 aliphatic carbocycles. The molecule has 0 spiro atoms. The third-order valence-electron chi connectivity index (χ3n) is 2.61. The number of rotatable bonds is 9. The lowest BCUT2D eigenvalue weighted by atomic mass is 10.2. The molecule has 1 unspecified atom stereocenters. The van der Waals surface area contributed by atoms with Crippen LogP contribution in [-0.4, -0.2) is 41.7 Å². The topological polar surface area (TPSA) is 52.6 Å². The quantitative estimate of drug-likeness (QED) is 0.590. The second-order valence-corrected chi connectivity index (χ2v) is 3.91. The first-order valence-electron chi connectivity index (χ1n) is 5.98. The van der Waals surface area contributed by atoms with E-state index in [4.69, 9.17) is 5.11 Å². The zero-order valence-electron chi connectivity index (χ0n) is 10.6. The predicted molar refractivity (Wildman–Crippen MR) is 66.4 cm³/mol. The Morgan fingerprint density at radius 3 is 2.56 bits per heavy atom. The van der Waals surface area contributed by atoms with Gasteiger partial charge in [-0.05, 0) is 39.4 Å². The van der Waals surface area contributed by atoms with Crippen LogP contribution in [0.1, 0.15) is 33.6 Å². The number of nitrogens with zero attached hydrogens (tertiary/aromatic N) is 1. The van der Waals surface area contributed by atoms with E-state index in [0.717, 1.165) is 38.6 Å². The van der Waals surface area contributed by atoms with Gasteiger partial charge in [0.05, 0.1) is 0 Å². The van der Waals surface area contributed by atoms with Gasteiger partial charge >= 0.3 is 5.97 Å². The lowest BCUT2D eigenvalue weighted by Crippen LogP contribution is -2.26. The van der Waals surface area contributed by atoms with E-state index in [-0.39, 0.29) is 0 Å². The Kier molecular flexibility index (Phi) is 8.62. The van der Waals surface area contributed by atoms with E-state index in [1.54, 1.807) is 0 Å². The van der Waals surface area contributed by atoms with Crippen molar-refractivity contribution in [1.82, 2.24) is 10.2 Å². The van der Waals surface area contributed by atoms with E-state index < -0.39 is 5.97 Å². The summed E-state index contributed by atoms with van der Waals surface area (Å²) in [5.74, 6) is -0.914. The number of nitrogens with one attached hydrogen (secondary N) is 1. The van der Waals surface area contributed by atoms with E-state index in [0.29, 0.717) is 6.04 Å². The standard InChI is InChI=1S/C12H24N2O2/c1-4-14(5-2)10-6-7-11(3)13-9-8-12(15)16/h8-9,11,13H,4-7,10H2,1-3H3,(H,15,16)/b9-8+. The maximum Gasteiger partial charge on any atom is 0.329 e. The van der Waals surface area contributed by atoms with Gasteiger partial charge in [0.2, 0.25) is 0 Å². The molecule has 4 heteroatoms. The lowest BCUT2D eigenvalue weighted by Gasteiger charge is -2.19. The zero-order valence-corrected chi connectivity index (χ0v) is 10.6. The Morgan fingerprint density at radius 2 is 2.06 bits per heavy atom. The van der Waals surface area contributed by atoms with Crippen LogP contribution < -0.4 is 5.32 Å². The molecule has 0 amide bonds. The minimum absolute atomic E-state index is 0.325. The Bertz CT molecular complexity index is 213. The van der Waals surface area contributed by atoms with Crippen molar-refractivity contribution in [2.75, 3.05) is 19.6 Å². The normalized spacial score (nSPS) is 13.2. The first-order valence-corrected chi connectivity index (χ1v) is 5.98. The molecule has 0 aliphatic heterocycles. The largest absolute Gasteiger partial charge is 0.478 e. The molecule has 0 aromatic heterocycles. The first kappa shape index (κ1) is 15.0. The fraction of sp³-hybridized carbons (Fsp3) is 0.750. The molecule has 0 saturated carbocycles. The molecule has 2 N–H and O–H groups in total. The van der Waals surface area contributed by atoms with E-state index in [2.05, 4.69) is 31.0 Å². The van der Waals surface area contributed by atoms with Crippen LogP contribution in [0.2, 0.25) is 0 Å². The molecule has 0 heterocycles. The number of carbonyl (C=O) groups is 1. The average molecular weight is 228 g/mol. The fourth-order valence-electron chi connectivity index (χ4n) is 1.53. The van der Waals surface area contributed by atoms with Crippen LogP contribution in [0.25, 0.3) is 0 Å². The van der Waals surface area contributed by atoms with Crippen LogP contribution >= 0.6 is 0 Å². The van der Waals surface area contributed by atoms with Gasteiger partial charge < -0.3 is 15.3 Å². The van der Waals surface area contributed by atoms with Crippen LogP contribution in [0.5, 0.6) is 0 Å². The molecule has 0 rings (SSSR count). The van der Waals surface area contributed by atoms with Gasteiger partial charge in [-0.1, -0.05) is 13.8 Å². The Balaban J connectivity index is 3.57. The second-order valence-electron chi connectivity index (χ2n) is 3.91. The summed E-state index contributed by atoms with van der Waals surface area (Å²) in [6, 6.07) is 0.325. The molecule has 0 bridgehead atoms. The molecular weight excluding hydrogens is 204 g/mol. The van der Waals surface area contributed by atoms with Gasteiger partial charge in [-0.25, -0.2) is 4.79 Å². The molecule has 0 aromatic rings. The fourth-order valence-corrected chi connectivity index (χ4v) is 1.53. The third-order valence-corrected chi connectivity index (χ3v) is 2.61. The molecule has 0 radical (unpaired) electrons. The molecule has 1 atom stereocenters. The Hall–Kier alpha value is -1.03. The van der Waals surface area contributed by atoms with Crippen LogP contribution in [0.4, 0.5) is 0 Å². The smallest absolute Gasteiger partial charge is 0.329 e. The zero-order chi connectivity index (χ0) is 12.4. The molecule has 0 saturated heterocycles. The summed E-state index contributed by atoms with van der Waals surface area (Å²) >= 11 is 0. The van der Waals surface area contributed by atoms with Gasteiger partial charge in [0, 0.05) is 18.3 Å². The summed E-state index contributed by atoms with van der Waals surface area (Å²) in [6.07, 6.45) is 4.82. The van der Waals surface area contributed by atoms with Crippen molar-refractivity contribution in [3.8, 4) is 0 Å². The number of aliphatic carboxylic acids is 1. The summed E-state index contributed by atoms with van der Waals surface area (Å²) in [6.45, 7) is 9.70. The van der Waals surface area contributed by atoms with Crippen LogP contribution in [-0.2, 0) is 4.79 Å². The van der Waals surface area contributed by atoms with E-state index in [9.17, 15) is 4.79 Å². The highest BCUT2D eigenvalue weighted by Crippen LogP contribution is 1.99. The summed E-state index contributed by atoms with van der Waals surface area (Å²) in [5.41, 5.74) is 0. The molecule has 0 aromatic carbocycles. The van der Waals surface area contributed by atoms with Gasteiger partial charge in [0.1, 0.15) is 0 Å².